The van der Waals surface area contributed by atoms with Crippen LogP contribution in [0.2, 0.25) is 0 Å². The van der Waals surface area contributed by atoms with E-state index in [1.807, 2.05) is 0 Å². The molecule has 0 heterocycles. The number of rotatable bonds is 5. The molecule has 0 atom stereocenters. The van der Waals surface area contributed by atoms with Gasteiger partial charge in [-0.15, -0.1) is 0 Å². The molecule has 0 amide bonds. The van der Waals surface area contributed by atoms with Crippen LogP contribution in [0.25, 0.3) is 0 Å². The maximum absolute atomic E-state index is 11.2. The minimum atomic E-state index is -0.963. The van der Waals surface area contributed by atoms with Gasteiger partial charge in [0, 0.05) is 12.1 Å². The Morgan fingerprint density at radius 3 is 2.65 bits per heavy atom. The second kappa shape index (κ2) is 5.90. The Morgan fingerprint density at radius 2 is 2.10 bits per heavy atom. The first-order valence-corrected chi connectivity index (χ1v) is 6.73. The van der Waals surface area contributed by atoms with Crippen LogP contribution in [0.3, 0.4) is 0 Å². The number of hydrogen-bond donors (Lipinski definition) is 1. The highest BCUT2D eigenvalue weighted by molar-refractivity contribution is 5.78. The van der Waals surface area contributed by atoms with Crippen LogP contribution < -0.4 is 4.90 Å². The molecule has 1 aliphatic carbocycles. The average Bonchev–Trinajstić information content (AvgIpc) is 2.89. The van der Waals surface area contributed by atoms with Crippen molar-refractivity contribution in [2.24, 2.45) is 0 Å². The number of aliphatic carboxylic acids is 1. The highest BCUT2D eigenvalue weighted by Gasteiger charge is 2.30. The first kappa shape index (κ1) is 14.3. The maximum Gasteiger partial charge on any atom is 0.323 e. The average molecular weight is 278 g/mol. The molecule has 1 N–H and O–H groups in total. The molecule has 6 heteroatoms. The lowest BCUT2D eigenvalue weighted by molar-refractivity contribution is -0.384. The molecule has 0 aliphatic heterocycles. The first-order chi connectivity index (χ1) is 9.50. The van der Waals surface area contributed by atoms with Crippen molar-refractivity contribution in [1.29, 1.82) is 0 Å². The summed E-state index contributed by atoms with van der Waals surface area (Å²) in [6.07, 6.45) is 3.86. The molecule has 0 aromatic heterocycles. The fraction of sp³-hybridized carbons (Fsp3) is 0.500. The smallest absolute Gasteiger partial charge is 0.323 e. The van der Waals surface area contributed by atoms with Gasteiger partial charge in [0.2, 0.25) is 0 Å². The van der Waals surface area contributed by atoms with Crippen LogP contribution in [0.1, 0.15) is 31.2 Å². The van der Waals surface area contributed by atoms with E-state index >= 15 is 0 Å². The van der Waals surface area contributed by atoms with Gasteiger partial charge in [0.1, 0.15) is 12.2 Å². The van der Waals surface area contributed by atoms with E-state index in [0.29, 0.717) is 5.69 Å². The molecule has 0 bridgehead atoms. The minimum absolute atomic E-state index is 0.0156. The summed E-state index contributed by atoms with van der Waals surface area (Å²) in [6, 6.07) is 4.92. The lowest BCUT2D eigenvalue weighted by Crippen LogP contribution is -2.38. The summed E-state index contributed by atoms with van der Waals surface area (Å²) in [5.41, 5.74) is 1.18. The molecule has 1 aromatic carbocycles. The number of nitrogens with zero attached hydrogens (tertiary/aromatic N) is 2. The molecule has 1 aromatic rings. The van der Waals surface area contributed by atoms with Crippen LogP contribution in [-0.4, -0.2) is 28.6 Å². The summed E-state index contributed by atoms with van der Waals surface area (Å²) in [7, 11) is 0. The molecule has 108 valence electrons. The number of para-hydroxylation sites is 1. The Bertz CT molecular complexity index is 524. The Hall–Kier alpha value is -2.11. The highest BCUT2D eigenvalue weighted by Crippen LogP contribution is 2.36. The molecule has 2 rings (SSSR count). The van der Waals surface area contributed by atoms with Crippen LogP contribution in [0.15, 0.2) is 18.2 Å². The number of carboxylic acids is 1. The molecule has 1 aliphatic rings. The molecule has 0 saturated heterocycles. The van der Waals surface area contributed by atoms with Gasteiger partial charge in [-0.25, -0.2) is 0 Å². The fourth-order valence-corrected chi connectivity index (χ4v) is 2.92. The van der Waals surface area contributed by atoms with Crippen molar-refractivity contribution in [3.05, 3.63) is 33.9 Å². The lowest BCUT2D eigenvalue weighted by atomic mass is 10.1. The zero-order valence-electron chi connectivity index (χ0n) is 11.4. The van der Waals surface area contributed by atoms with Crippen molar-refractivity contribution >= 4 is 17.3 Å². The van der Waals surface area contributed by atoms with E-state index in [1.165, 1.54) is 6.07 Å². The van der Waals surface area contributed by atoms with E-state index in [-0.39, 0.29) is 18.3 Å². The molecule has 0 radical (unpaired) electrons. The van der Waals surface area contributed by atoms with E-state index in [1.54, 1.807) is 24.0 Å². The van der Waals surface area contributed by atoms with Crippen LogP contribution in [0, 0.1) is 17.0 Å². The van der Waals surface area contributed by atoms with Gasteiger partial charge in [0.05, 0.1) is 4.92 Å². The zero-order chi connectivity index (χ0) is 14.7. The summed E-state index contributed by atoms with van der Waals surface area (Å²) in [6.45, 7) is 1.59. The Morgan fingerprint density at radius 1 is 1.45 bits per heavy atom. The van der Waals surface area contributed by atoms with Crippen LogP contribution in [0.4, 0.5) is 11.4 Å². The molecule has 0 spiro atoms. The molecule has 6 nitrogen and oxygen atoms in total. The van der Waals surface area contributed by atoms with Gasteiger partial charge >= 0.3 is 5.97 Å². The molecule has 1 saturated carbocycles. The zero-order valence-corrected chi connectivity index (χ0v) is 11.4. The number of aryl methyl sites for hydroxylation is 1. The molecule has 0 unspecified atom stereocenters. The third-order valence-electron chi connectivity index (χ3n) is 3.77. The number of carbonyl (C=O) groups is 1. The number of carboxylic acid groups (broad SMARTS) is 1. The summed E-state index contributed by atoms with van der Waals surface area (Å²) >= 11 is 0. The topological polar surface area (TPSA) is 83.7 Å². The summed E-state index contributed by atoms with van der Waals surface area (Å²) in [5.74, 6) is -0.963. The van der Waals surface area contributed by atoms with Gasteiger partial charge < -0.3 is 10.0 Å². The Labute approximate surface area is 117 Å². The largest absolute Gasteiger partial charge is 0.480 e. The Balaban J connectivity index is 2.46. The molecule has 1 fully saturated rings. The number of nitro groups is 1. The second-order valence-electron chi connectivity index (χ2n) is 5.16. The number of benzene rings is 1. The van der Waals surface area contributed by atoms with Crippen molar-refractivity contribution < 1.29 is 14.8 Å². The summed E-state index contributed by atoms with van der Waals surface area (Å²) in [5, 5.41) is 20.3. The minimum Gasteiger partial charge on any atom is -0.480 e. The van der Waals surface area contributed by atoms with Gasteiger partial charge in [-0.1, -0.05) is 25.0 Å². The van der Waals surface area contributed by atoms with Gasteiger partial charge in [-0.05, 0) is 25.3 Å². The van der Waals surface area contributed by atoms with Crippen molar-refractivity contribution in [2.45, 2.75) is 38.6 Å². The SMILES string of the molecule is Cc1cccc([N+](=O)[O-])c1N(CC(=O)O)C1CCCC1. The quantitative estimate of drug-likeness (QED) is 0.661. The summed E-state index contributed by atoms with van der Waals surface area (Å²) < 4.78 is 0. The monoisotopic (exact) mass is 278 g/mol. The number of anilines is 1. The highest BCUT2D eigenvalue weighted by atomic mass is 16.6. The van der Waals surface area contributed by atoms with E-state index in [0.717, 1.165) is 31.2 Å². The van der Waals surface area contributed by atoms with Gasteiger partial charge in [0.15, 0.2) is 0 Å². The number of hydrogen-bond acceptors (Lipinski definition) is 4. The molecular weight excluding hydrogens is 260 g/mol. The van der Waals surface area contributed by atoms with Crippen LogP contribution in [-0.2, 0) is 4.79 Å². The van der Waals surface area contributed by atoms with Crippen molar-refractivity contribution in [1.82, 2.24) is 0 Å². The van der Waals surface area contributed by atoms with E-state index in [4.69, 9.17) is 5.11 Å². The van der Waals surface area contributed by atoms with Crippen molar-refractivity contribution in [2.75, 3.05) is 11.4 Å². The van der Waals surface area contributed by atoms with Gasteiger partial charge in [-0.2, -0.15) is 0 Å². The maximum atomic E-state index is 11.2. The normalized spacial score (nSPS) is 15.2. The third-order valence-corrected chi connectivity index (χ3v) is 3.77. The standard InChI is InChI=1S/C14H18N2O4/c1-10-5-4-8-12(16(19)20)14(10)15(9-13(17)18)11-6-2-3-7-11/h4-5,8,11H,2-3,6-7,9H2,1H3,(H,17,18). The lowest BCUT2D eigenvalue weighted by Gasteiger charge is -2.30. The first-order valence-electron chi connectivity index (χ1n) is 6.73. The van der Waals surface area contributed by atoms with Crippen molar-refractivity contribution in [3.63, 3.8) is 0 Å². The molecule has 20 heavy (non-hydrogen) atoms. The van der Waals surface area contributed by atoms with E-state index in [2.05, 4.69) is 0 Å². The molecular formula is C14H18N2O4. The Kier molecular flexibility index (Phi) is 4.22. The second-order valence-corrected chi connectivity index (χ2v) is 5.16. The predicted octanol–water partition coefficient (Wildman–Crippen LogP) is 2.74. The van der Waals surface area contributed by atoms with Crippen molar-refractivity contribution in [3.8, 4) is 0 Å². The fourth-order valence-electron chi connectivity index (χ4n) is 2.92. The van der Waals surface area contributed by atoms with Gasteiger partial charge in [-0.3, -0.25) is 14.9 Å². The van der Waals surface area contributed by atoms with Gasteiger partial charge in [0.25, 0.3) is 5.69 Å². The van der Waals surface area contributed by atoms with Crippen LogP contribution in [0.5, 0.6) is 0 Å². The third kappa shape index (κ3) is 2.89. The number of nitro benzene ring substituents is 1. The van der Waals surface area contributed by atoms with E-state index < -0.39 is 10.9 Å². The summed E-state index contributed by atoms with van der Waals surface area (Å²) in [4.78, 5) is 23.6. The van der Waals surface area contributed by atoms with E-state index in [9.17, 15) is 14.9 Å². The predicted molar refractivity (Wildman–Crippen MR) is 75.1 cm³/mol. The van der Waals surface area contributed by atoms with Crippen LogP contribution >= 0.6 is 0 Å².